The molecule has 1 rings (SSSR count). The maximum Gasteiger partial charge on any atom is 0.306 e. The minimum absolute atomic E-state index is 0.219. The number of hydrogen-bond donors (Lipinski definition) is 4. The molecule has 0 aromatic rings. The molecule has 6 atom stereocenters. The fourth-order valence-electron chi connectivity index (χ4n) is 7.18. The van der Waals surface area contributed by atoms with Crippen LogP contribution in [0, 0.1) is 0 Å². The molecule has 0 aromatic carbocycles. The van der Waals surface area contributed by atoms with Gasteiger partial charge in [-0.05, 0) is 51.4 Å². The fraction of sp³-hybridized carbons (Fsp3) is 0.800. The van der Waals surface area contributed by atoms with Gasteiger partial charge in [0.15, 0.2) is 12.4 Å². The number of allylic oxidation sites excluding steroid dienone is 8. The Balaban J connectivity index is 2.29. The van der Waals surface area contributed by atoms with Gasteiger partial charge in [-0.1, -0.05) is 184 Å². The molecule has 0 radical (unpaired) electrons. The van der Waals surface area contributed by atoms with E-state index < -0.39 is 49.4 Å². The lowest BCUT2D eigenvalue weighted by molar-refractivity contribution is -0.305. The molecule has 1 fully saturated rings. The number of carbonyl (C=O) groups is 2. The van der Waals surface area contributed by atoms with E-state index in [2.05, 4.69) is 62.5 Å². The van der Waals surface area contributed by atoms with Crippen molar-refractivity contribution in [3.05, 3.63) is 48.6 Å². The molecule has 4 N–H and O–H groups in total. The number of hydrogen-bond acceptors (Lipinski definition) is 10. The van der Waals surface area contributed by atoms with Gasteiger partial charge in [0.2, 0.25) is 0 Å². The van der Waals surface area contributed by atoms with E-state index in [0.29, 0.717) is 6.42 Å². The van der Waals surface area contributed by atoms with E-state index in [1.54, 1.807) is 0 Å². The molecule has 0 saturated carbocycles. The average molecular weight is 849 g/mol. The summed E-state index contributed by atoms with van der Waals surface area (Å²) in [7, 11) is 0. The second-order valence-corrected chi connectivity index (χ2v) is 16.5. The van der Waals surface area contributed by atoms with E-state index in [1.165, 1.54) is 96.3 Å². The minimum atomic E-state index is -1.60. The highest BCUT2D eigenvalue weighted by Crippen LogP contribution is 2.23. The molecule has 10 nitrogen and oxygen atoms in total. The van der Waals surface area contributed by atoms with Crippen molar-refractivity contribution < 1.29 is 49.0 Å². The maximum atomic E-state index is 12.8. The minimum Gasteiger partial charge on any atom is -0.462 e. The van der Waals surface area contributed by atoms with E-state index in [-0.39, 0.29) is 32.0 Å². The summed E-state index contributed by atoms with van der Waals surface area (Å²) >= 11 is 0. The van der Waals surface area contributed by atoms with Crippen LogP contribution in [0.4, 0.5) is 0 Å². The van der Waals surface area contributed by atoms with Crippen LogP contribution in [-0.2, 0) is 28.5 Å². The average Bonchev–Trinajstić information content (AvgIpc) is 3.25. The van der Waals surface area contributed by atoms with Crippen molar-refractivity contribution in [1.82, 2.24) is 0 Å². The number of carbonyl (C=O) groups excluding carboxylic acids is 2. The molecule has 0 spiro atoms. The summed E-state index contributed by atoms with van der Waals surface area (Å²) in [5, 5.41) is 40.1. The first-order valence-corrected chi connectivity index (χ1v) is 24.2. The Morgan fingerprint density at radius 1 is 0.533 bits per heavy atom. The molecule has 60 heavy (non-hydrogen) atoms. The van der Waals surface area contributed by atoms with Crippen LogP contribution in [0.25, 0.3) is 0 Å². The fourth-order valence-corrected chi connectivity index (χ4v) is 7.18. The first kappa shape index (κ1) is 55.7. The van der Waals surface area contributed by atoms with Crippen LogP contribution in [0.1, 0.15) is 200 Å². The van der Waals surface area contributed by atoms with E-state index in [1.807, 2.05) is 0 Å². The third-order valence-electron chi connectivity index (χ3n) is 11.0. The monoisotopic (exact) mass is 849 g/mol. The van der Waals surface area contributed by atoms with Crippen LogP contribution in [0.3, 0.4) is 0 Å². The van der Waals surface area contributed by atoms with Crippen molar-refractivity contribution in [2.24, 2.45) is 0 Å². The van der Waals surface area contributed by atoms with Gasteiger partial charge < -0.3 is 39.4 Å². The molecule has 1 saturated heterocycles. The van der Waals surface area contributed by atoms with Crippen LogP contribution >= 0.6 is 0 Å². The highest BCUT2D eigenvalue weighted by atomic mass is 16.7. The van der Waals surface area contributed by atoms with Gasteiger partial charge in [0.1, 0.15) is 31.0 Å². The Morgan fingerprint density at radius 2 is 0.983 bits per heavy atom. The maximum absolute atomic E-state index is 12.8. The number of esters is 2. The Hall–Kier alpha value is -2.34. The van der Waals surface area contributed by atoms with E-state index in [4.69, 9.17) is 18.9 Å². The predicted octanol–water partition coefficient (Wildman–Crippen LogP) is 10.8. The quantitative estimate of drug-likeness (QED) is 0.0266. The van der Waals surface area contributed by atoms with Crippen molar-refractivity contribution in [2.75, 3.05) is 19.8 Å². The molecule has 0 amide bonds. The van der Waals surface area contributed by atoms with Crippen molar-refractivity contribution in [2.45, 2.75) is 237 Å². The zero-order chi connectivity index (χ0) is 43.7. The molecule has 6 unspecified atom stereocenters. The molecule has 0 aromatic heterocycles. The SMILES string of the molecule is CC/C=C\C/C=C\C/C=C\C/C=C\CCCCCCCCCCC(=O)OC(COC(=O)CCCCCCCCCCCCCCCC)COC1OC(CO)C(O)C(O)C1O. The molecule has 0 bridgehead atoms. The lowest BCUT2D eigenvalue weighted by atomic mass is 9.99. The van der Waals surface area contributed by atoms with Gasteiger partial charge >= 0.3 is 11.9 Å². The molecular formula is C50H88O10. The summed E-state index contributed by atoms with van der Waals surface area (Å²) in [4.78, 5) is 25.4. The second-order valence-electron chi connectivity index (χ2n) is 16.5. The van der Waals surface area contributed by atoms with E-state index in [0.717, 1.165) is 70.6 Å². The summed E-state index contributed by atoms with van der Waals surface area (Å²) in [6.45, 7) is 3.31. The van der Waals surface area contributed by atoms with Crippen molar-refractivity contribution >= 4 is 11.9 Å². The van der Waals surface area contributed by atoms with Gasteiger partial charge in [0, 0.05) is 12.8 Å². The zero-order valence-electron chi connectivity index (χ0n) is 37.9. The third kappa shape index (κ3) is 31.5. The number of aliphatic hydroxyl groups excluding tert-OH is 4. The molecular weight excluding hydrogens is 761 g/mol. The van der Waals surface area contributed by atoms with Crippen LogP contribution < -0.4 is 0 Å². The Morgan fingerprint density at radius 3 is 1.48 bits per heavy atom. The number of unbranched alkanes of at least 4 members (excludes halogenated alkanes) is 21. The molecule has 1 heterocycles. The molecule has 1 aliphatic heterocycles. The largest absolute Gasteiger partial charge is 0.462 e. The highest BCUT2D eigenvalue weighted by Gasteiger charge is 2.44. The van der Waals surface area contributed by atoms with Crippen LogP contribution in [0.15, 0.2) is 48.6 Å². The summed E-state index contributed by atoms with van der Waals surface area (Å²) in [5.41, 5.74) is 0. The standard InChI is InChI=1S/C50H88O10/c1-3-5-7-9-11-13-15-17-19-20-21-22-23-24-25-27-29-31-33-35-37-39-46(53)59-43(42-58-50-49(56)48(55)47(54)44(40-51)60-50)41-57-45(52)38-36-34-32-30-28-26-18-16-14-12-10-8-6-4-2/h5,7,11,13,17,19,21-22,43-44,47-51,54-56H,3-4,6,8-10,12,14-16,18,20,23-42H2,1-2H3/b7-5-,13-11-,19-17-,22-21-. The normalized spacial score (nSPS) is 20.3. The predicted molar refractivity (Wildman–Crippen MR) is 242 cm³/mol. The van der Waals surface area contributed by atoms with Gasteiger partial charge in [0.05, 0.1) is 13.2 Å². The third-order valence-corrected chi connectivity index (χ3v) is 11.0. The molecule has 0 aliphatic carbocycles. The lowest BCUT2D eigenvalue weighted by Crippen LogP contribution is -2.59. The van der Waals surface area contributed by atoms with Crippen LogP contribution in [0.5, 0.6) is 0 Å². The molecule has 1 aliphatic rings. The number of rotatable bonds is 40. The lowest BCUT2D eigenvalue weighted by Gasteiger charge is -2.39. The molecule has 348 valence electrons. The van der Waals surface area contributed by atoms with E-state index in [9.17, 15) is 30.0 Å². The Kier molecular flexibility index (Phi) is 37.8. The number of ether oxygens (including phenoxy) is 4. The van der Waals surface area contributed by atoms with Gasteiger partial charge in [-0.2, -0.15) is 0 Å². The Bertz CT molecular complexity index is 1120. The van der Waals surface area contributed by atoms with Crippen molar-refractivity contribution in [3.8, 4) is 0 Å². The molecule has 10 heteroatoms. The van der Waals surface area contributed by atoms with Crippen molar-refractivity contribution in [3.63, 3.8) is 0 Å². The van der Waals surface area contributed by atoms with Gasteiger partial charge in [-0.15, -0.1) is 0 Å². The smallest absolute Gasteiger partial charge is 0.306 e. The summed E-state index contributed by atoms with van der Waals surface area (Å²) < 4.78 is 22.2. The number of aliphatic hydroxyl groups is 4. The first-order valence-electron chi connectivity index (χ1n) is 24.2. The highest BCUT2D eigenvalue weighted by molar-refractivity contribution is 5.70. The summed E-state index contributed by atoms with van der Waals surface area (Å²) in [6.07, 6.45) is 41.1. The topological polar surface area (TPSA) is 152 Å². The van der Waals surface area contributed by atoms with Gasteiger partial charge in [0.25, 0.3) is 0 Å². The van der Waals surface area contributed by atoms with Crippen LogP contribution in [0.2, 0.25) is 0 Å². The first-order chi connectivity index (χ1) is 29.3. The zero-order valence-corrected chi connectivity index (χ0v) is 37.9. The van der Waals surface area contributed by atoms with Crippen molar-refractivity contribution in [1.29, 1.82) is 0 Å². The Labute approximate surface area is 365 Å². The second kappa shape index (κ2) is 40.7. The van der Waals surface area contributed by atoms with Gasteiger partial charge in [-0.25, -0.2) is 0 Å². The van der Waals surface area contributed by atoms with Crippen LogP contribution in [-0.4, -0.2) is 89.0 Å². The summed E-state index contributed by atoms with van der Waals surface area (Å²) in [6, 6.07) is 0. The van der Waals surface area contributed by atoms with E-state index >= 15 is 0 Å². The summed E-state index contributed by atoms with van der Waals surface area (Å²) in [5.74, 6) is -0.811. The van der Waals surface area contributed by atoms with Gasteiger partial charge in [-0.3, -0.25) is 9.59 Å².